The monoisotopic (exact) mass is 504 g/mol. The number of carbonyl (C=O) groups excluding carboxylic acids is 1. The van der Waals surface area contributed by atoms with Crippen LogP contribution in [0.4, 0.5) is 5.69 Å². The van der Waals surface area contributed by atoms with Crippen LogP contribution in [0.1, 0.15) is 28.4 Å². The van der Waals surface area contributed by atoms with Crippen LogP contribution in [0.3, 0.4) is 0 Å². The fourth-order valence-corrected chi connectivity index (χ4v) is 4.99. The van der Waals surface area contributed by atoms with Crippen molar-refractivity contribution in [3.05, 3.63) is 98.5 Å². The van der Waals surface area contributed by atoms with Gasteiger partial charge in [0.05, 0.1) is 4.90 Å². The van der Waals surface area contributed by atoms with E-state index in [1.165, 1.54) is 24.4 Å². The number of amides is 1. The number of ether oxygens (including phenoxy) is 2. The van der Waals surface area contributed by atoms with Gasteiger partial charge in [-0.2, -0.15) is 0 Å². The number of H-pyrrole nitrogens is 1. The molecule has 0 saturated heterocycles. The Morgan fingerprint density at radius 3 is 2.69 bits per heavy atom. The first-order chi connectivity index (χ1) is 17.4. The van der Waals surface area contributed by atoms with Crippen LogP contribution in [0.5, 0.6) is 11.5 Å². The predicted octanol–water partition coefficient (Wildman–Crippen LogP) is 4.14. The van der Waals surface area contributed by atoms with Crippen LogP contribution < -0.4 is 20.2 Å². The minimum Gasteiger partial charge on any atom is -0.572 e. The lowest BCUT2D eigenvalue weighted by atomic mass is 10.1. The van der Waals surface area contributed by atoms with Crippen molar-refractivity contribution < 1.29 is 22.7 Å². The van der Waals surface area contributed by atoms with E-state index < -0.39 is 21.4 Å². The molecule has 0 spiro atoms. The highest BCUT2D eigenvalue weighted by molar-refractivity contribution is 7.94. The van der Waals surface area contributed by atoms with E-state index in [0.717, 1.165) is 11.1 Å². The van der Waals surface area contributed by atoms with Crippen LogP contribution in [0.2, 0.25) is 0 Å². The van der Waals surface area contributed by atoms with Gasteiger partial charge in [0.15, 0.2) is 11.5 Å². The molecular weight excluding hydrogens is 482 g/mol. The number of aromatic nitrogens is 1. The summed E-state index contributed by atoms with van der Waals surface area (Å²) in [7, 11) is -4.09. The van der Waals surface area contributed by atoms with Gasteiger partial charge in [0, 0.05) is 23.6 Å². The van der Waals surface area contributed by atoms with Gasteiger partial charge in [-0.1, -0.05) is 42.8 Å². The van der Waals surface area contributed by atoms with E-state index in [2.05, 4.69) is 15.0 Å². The third-order valence-corrected chi connectivity index (χ3v) is 7.16. The summed E-state index contributed by atoms with van der Waals surface area (Å²) >= 11 is 0. The molecular formula is C26H22N3O6S-. The average Bonchev–Trinajstić information content (AvgIpc) is 3.35. The number of aromatic amines is 1. The summed E-state index contributed by atoms with van der Waals surface area (Å²) in [6.07, 6.45) is 1.94. The lowest BCUT2D eigenvalue weighted by Crippen LogP contribution is -2.28. The van der Waals surface area contributed by atoms with Crippen LogP contribution >= 0.6 is 0 Å². The first-order valence-electron chi connectivity index (χ1n) is 11.2. The number of pyridine rings is 1. The number of nitrogens with zero attached hydrogens (tertiary/aromatic N) is 1. The number of nitrogens with one attached hydrogen (secondary N) is 2. The zero-order valence-corrected chi connectivity index (χ0v) is 20.1. The predicted molar refractivity (Wildman–Crippen MR) is 134 cm³/mol. The average molecular weight is 505 g/mol. The van der Waals surface area contributed by atoms with Gasteiger partial charge in [0.2, 0.25) is 12.2 Å². The Morgan fingerprint density at radius 2 is 1.86 bits per heavy atom. The topological polar surface area (TPSA) is 129 Å². The maximum Gasteiger partial charge on any atom is 0.257 e. The Hall–Kier alpha value is -4.31. The standard InChI is InChI=1S/C26H22N3O6S/c1-2-17-5-3-4-6-21(17)29-36(32,33)18-8-9-22-19(12-18)25(30)20(14-27-22)26(31)28-13-16-7-10-23-24(11-16)35-15-34-23/h3-12,14H,2,13,15H2,1H3,(H2,27,28,30,31)/q-1. The summed E-state index contributed by atoms with van der Waals surface area (Å²) in [5.41, 5.74) is 1.60. The summed E-state index contributed by atoms with van der Waals surface area (Å²) in [5, 5.41) is 2.78. The molecule has 0 aliphatic carbocycles. The molecule has 1 amide bonds. The normalized spacial score (nSPS) is 12.5. The molecule has 3 aromatic carbocycles. The Balaban J connectivity index is 1.40. The molecule has 2 N–H and O–H groups in total. The zero-order chi connectivity index (χ0) is 25.3. The zero-order valence-electron chi connectivity index (χ0n) is 19.3. The van der Waals surface area contributed by atoms with Gasteiger partial charge < -0.3 is 24.5 Å². The molecule has 0 fully saturated rings. The fourth-order valence-electron chi connectivity index (χ4n) is 3.94. The summed E-state index contributed by atoms with van der Waals surface area (Å²) in [6.45, 7) is 2.22. The molecule has 0 radical (unpaired) electrons. The molecule has 5 rings (SSSR count). The smallest absolute Gasteiger partial charge is 0.257 e. The van der Waals surface area contributed by atoms with Crippen molar-refractivity contribution in [3.63, 3.8) is 0 Å². The maximum atomic E-state index is 13.1. The highest BCUT2D eigenvalue weighted by Gasteiger charge is 2.17. The number of carbonyl (C=O) groups is 1. The Kier molecular flexibility index (Phi) is 6.11. The van der Waals surface area contributed by atoms with Crippen molar-refractivity contribution in [2.24, 2.45) is 0 Å². The molecule has 0 unspecified atom stereocenters. The quantitative estimate of drug-likeness (QED) is 0.389. The van der Waals surface area contributed by atoms with Gasteiger partial charge in [-0.05, 0) is 42.3 Å². The van der Waals surface area contributed by atoms with Crippen molar-refractivity contribution in [2.45, 2.75) is 24.8 Å². The maximum absolute atomic E-state index is 13.1. The minimum absolute atomic E-state index is 0.0748. The van der Waals surface area contributed by atoms with Crippen molar-refractivity contribution in [1.82, 2.24) is 10.3 Å². The molecule has 1 aliphatic rings. The molecule has 0 bridgehead atoms. The molecule has 184 valence electrons. The van der Waals surface area contributed by atoms with Crippen molar-refractivity contribution in [2.75, 3.05) is 6.79 Å². The SMILES string of the molecule is CCc1ccccc1[N-]S(=O)(=O)c1ccc2[nH]cc(C(=O)NCc3ccc4c(c3)OCO4)c(=O)c2c1. The first kappa shape index (κ1) is 23.4. The summed E-state index contributed by atoms with van der Waals surface area (Å²) in [5.74, 6) is 0.628. The molecule has 1 aromatic heterocycles. The largest absolute Gasteiger partial charge is 0.572 e. The lowest BCUT2D eigenvalue weighted by Gasteiger charge is -2.24. The second-order valence-corrected chi connectivity index (χ2v) is 9.76. The van der Waals surface area contributed by atoms with Crippen molar-refractivity contribution in [1.29, 1.82) is 0 Å². The number of fused-ring (bicyclic) bond motifs is 2. The van der Waals surface area contributed by atoms with E-state index in [9.17, 15) is 18.0 Å². The Morgan fingerprint density at radius 1 is 1.06 bits per heavy atom. The van der Waals surface area contributed by atoms with Crippen LogP contribution in [0, 0.1) is 0 Å². The Labute approximate surface area is 207 Å². The number of aryl methyl sites for hydroxylation is 1. The Bertz CT molecular complexity index is 1650. The number of rotatable bonds is 7. The second kappa shape index (κ2) is 9.38. The molecule has 0 atom stereocenters. The third-order valence-electron chi connectivity index (χ3n) is 5.88. The van der Waals surface area contributed by atoms with Gasteiger partial charge >= 0.3 is 0 Å². The summed E-state index contributed by atoms with van der Waals surface area (Å²) < 4.78 is 40.6. The van der Waals surface area contributed by atoms with E-state index >= 15 is 0 Å². The van der Waals surface area contributed by atoms with E-state index in [1.54, 1.807) is 30.3 Å². The van der Waals surface area contributed by atoms with Crippen LogP contribution in [-0.2, 0) is 23.0 Å². The number of sulfonamides is 1. The van der Waals surface area contributed by atoms with Gasteiger partial charge in [-0.3, -0.25) is 9.59 Å². The molecule has 0 saturated carbocycles. The first-order valence-corrected chi connectivity index (χ1v) is 12.7. The lowest BCUT2D eigenvalue weighted by molar-refractivity contribution is 0.0949. The van der Waals surface area contributed by atoms with Crippen LogP contribution in [0.15, 0.2) is 76.6 Å². The summed E-state index contributed by atoms with van der Waals surface area (Å²) in [4.78, 5) is 28.7. The number of hydrogen-bond acceptors (Lipinski definition) is 6. The molecule has 1 aliphatic heterocycles. The van der Waals surface area contributed by atoms with Crippen LogP contribution in [0.25, 0.3) is 15.6 Å². The number of benzene rings is 3. The molecule has 9 nitrogen and oxygen atoms in total. The molecule has 4 aromatic rings. The van der Waals surface area contributed by atoms with Gasteiger partial charge in [-0.25, -0.2) is 8.42 Å². The molecule has 10 heteroatoms. The van der Waals surface area contributed by atoms with Gasteiger partial charge in [-0.15, -0.1) is 5.69 Å². The highest BCUT2D eigenvalue weighted by Crippen LogP contribution is 2.33. The minimum atomic E-state index is -4.09. The third kappa shape index (κ3) is 4.50. The van der Waals surface area contributed by atoms with E-state index in [0.29, 0.717) is 29.1 Å². The molecule has 2 heterocycles. The van der Waals surface area contributed by atoms with E-state index in [-0.39, 0.29) is 29.2 Å². The van der Waals surface area contributed by atoms with Crippen LogP contribution in [-0.4, -0.2) is 26.1 Å². The van der Waals surface area contributed by atoms with Gasteiger partial charge in [0.1, 0.15) is 15.6 Å². The molecule has 36 heavy (non-hydrogen) atoms. The van der Waals surface area contributed by atoms with E-state index in [1.807, 2.05) is 19.1 Å². The fraction of sp³-hybridized carbons (Fsp3) is 0.154. The number of hydrogen-bond donors (Lipinski definition) is 2. The van der Waals surface area contributed by atoms with Gasteiger partial charge in [0.25, 0.3) is 5.91 Å². The van der Waals surface area contributed by atoms with Crippen molar-refractivity contribution in [3.8, 4) is 11.5 Å². The highest BCUT2D eigenvalue weighted by atomic mass is 32.2. The van der Waals surface area contributed by atoms with E-state index in [4.69, 9.17) is 9.47 Å². The summed E-state index contributed by atoms with van der Waals surface area (Å²) in [6, 6.07) is 16.4. The second-order valence-electron chi connectivity index (χ2n) is 8.16. The van der Waals surface area contributed by atoms with Crippen molar-refractivity contribution >= 4 is 32.5 Å².